The van der Waals surface area contributed by atoms with Crippen LogP contribution in [0.1, 0.15) is 0 Å². The van der Waals surface area contributed by atoms with Crippen molar-refractivity contribution in [1.82, 2.24) is 15.0 Å². The summed E-state index contributed by atoms with van der Waals surface area (Å²) in [6.45, 7) is 0. The average molecular weight is 552 g/mol. The monoisotopic (exact) mass is 551 g/mol. The molecule has 0 saturated carbocycles. The summed E-state index contributed by atoms with van der Waals surface area (Å²) in [7, 11) is 0. The molecule has 0 N–H and O–H groups in total. The van der Waals surface area contributed by atoms with Crippen LogP contribution in [-0.2, 0) is 0 Å². The molecule has 0 radical (unpaired) electrons. The van der Waals surface area contributed by atoms with E-state index in [0.717, 1.165) is 60.9 Å². The summed E-state index contributed by atoms with van der Waals surface area (Å²) in [5.74, 6) is 1.79. The third kappa shape index (κ3) is 4.55. The highest BCUT2D eigenvalue weighted by atomic mass is 16.3. The summed E-state index contributed by atoms with van der Waals surface area (Å²) in [6, 6.07) is 51.6. The molecule has 0 saturated heterocycles. The summed E-state index contributed by atoms with van der Waals surface area (Å²) in [6.07, 6.45) is 0. The first-order chi connectivity index (χ1) is 21.3. The molecule has 0 spiro atoms. The van der Waals surface area contributed by atoms with Gasteiger partial charge in [0.2, 0.25) is 0 Å². The Balaban J connectivity index is 1.34. The predicted molar refractivity (Wildman–Crippen MR) is 174 cm³/mol. The zero-order chi connectivity index (χ0) is 28.6. The van der Waals surface area contributed by atoms with Crippen molar-refractivity contribution in [3.8, 4) is 56.4 Å². The molecule has 8 rings (SSSR count). The zero-order valence-corrected chi connectivity index (χ0v) is 23.2. The molecule has 0 aliphatic heterocycles. The highest BCUT2D eigenvalue weighted by Gasteiger charge is 2.19. The van der Waals surface area contributed by atoms with Crippen LogP contribution >= 0.6 is 0 Å². The summed E-state index contributed by atoms with van der Waals surface area (Å²) in [4.78, 5) is 15.0. The molecule has 0 bridgehead atoms. The van der Waals surface area contributed by atoms with Gasteiger partial charge in [-0.15, -0.1) is 0 Å². The maximum Gasteiger partial charge on any atom is 0.167 e. The van der Waals surface area contributed by atoms with Gasteiger partial charge < -0.3 is 4.42 Å². The minimum atomic E-state index is 0.569. The van der Waals surface area contributed by atoms with Crippen LogP contribution in [0, 0.1) is 0 Å². The number of benzene rings is 6. The Bertz CT molecular complexity index is 2220. The van der Waals surface area contributed by atoms with Gasteiger partial charge in [-0.1, -0.05) is 140 Å². The minimum Gasteiger partial charge on any atom is -0.455 e. The van der Waals surface area contributed by atoms with Gasteiger partial charge in [0.05, 0.1) is 5.56 Å². The van der Waals surface area contributed by atoms with E-state index in [1.807, 2.05) is 91.0 Å². The van der Waals surface area contributed by atoms with Crippen molar-refractivity contribution in [3.05, 3.63) is 152 Å². The fraction of sp³-hybridized carbons (Fsp3) is 0. The molecular formula is C39H25N3O. The van der Waals surface area contributed by atoms with Crippen molar-refractivity contribution >= 4 is 21.9 Å². The van der Waals surface area contributed by atoms with Gasteiger partial charge in [0.1, 0.15) is 11.2 Å². The van der Waals surface area contributed by atoms with Gasteiger partial charge in [-0.25, -0.2) is 15.0 Å². The molecule has 4 heteroatoms. The van der Waals surface area contributed by atoms with E-state index in [2.05, 4.69) is 60.7 Å². The highest BCUT2D eigenvalue weighted by Crippen LogP contribution is 2.39. The van der Waals surface area contributed by atoms with Crippen LogP contribution in [0.15, 0.2) is 156 Å². The molecule has 0 fully saturated rings. The molecule has 8 aromatic rings. The fourth-order valence-electron chi connectivity index (χ4n) is 5.65. The molecule has 2 aromatic heterocycles. The summed E-state index contributed by atoms with van der Waals surface area (Å²) in [5.41, 5.74) is 8.70. The van der Waals surface area contributed by atoms with E-state index < -0.39 is 0 Å². The van der Waals surface area contributed by atoms with E-state index in [1.165, 1.54) is 0 Å². The van der Waals surface area contributed by atoms with Crippen molar-refractivity contribution in [3.63, 3.8) is 0 Å². The molecule has 0 aliphatic carbocycles. The highest BCUT2D eigenvalue weighted by molar-refractivity contribution is 6.12. The molecule has 0 aliphatic rings. The van der Waals surface area contributed by atoms with Crippen LogP contribution in [0.2, 0.25) is 0 Å². The standard InChI is InChI=1S/C39H25N3O/c1-4-13-26(14-5-1)29-19-10-20-30(25-29)38-40-37(28-17-8-3-9-18-28)41-39(42-38)34-24-12-23-33-32-22-11-21-31(35(32)43-36(33)34)27-15-6-2-7-16-27/h1-25H. The lowest BCUT2D eigenvalue weighted by Crippen LogP contribution is -2.00. The van der Waals surface area contributed by atoms with E-state index in [9.17, 15) is 0 Å². The van der Waals surface area contributed by atoms with Crippen molar-refractivity contribution in [1.29, 1.82) is 0 Å². The maximum absolute atomic E-state index is 6.69. The molecule has 202 valence electrons. The second-order valence-corrected chi connectivity index (χ2v) is 10.5. The second kappa shape index (κ2) is 10.5. The third-order valence-electron chi connectivity index (χ3n) is 7.75. The quantitative estimate of drug-likeness (QED) is 0.214. The Hall–Kier alpha value is -5.87. The topological polar surface area (TPSA) is 51.8 Å². The lowest BCUT2D eigenvalue weighted by atomic mass is 10.0. The molecule has 43 heavy (non-hydrogen) atoms. The number of fused-ring (bicyclic) bond motifs is 3. The van der Waals surface area contributed by atoms with Crippen LogP contribution in [0.3, 0.4) is 0 Å². The van der Waals surface area contributed by atoms with Crippen molar-refractivity contribution in [2.45, 2.75) is 0 Å². The number of furan rings is 1. The first kappa shape index (κ1) is 24.9. The Kier molecular flexibility index (Phi) is 6.08. The number of hydrogen-bond donors (Lipinski definition) is 0. The first-order valence-electron chi connectivity index (χ1n) is 14.3. The molecule has 0 amide bonds. The van der Waals surface area contributed by atoms with E-state index >= 15 is 0 Å². The predicted octanol–water partition coefficient (Wildman–Crippen LogP) is 10.1. The Morgan fingerprint density at radius 3 is 1.47 bits per heavy atom. The van der Waals surface area contributed by atoms with Gasteiger partial charge in [-0.3, -0.25) is 0 Å². The lowest BCUT2D eigenvalue weighted by Gasteiger charge is -2.10. The van der Waals surface area contributed by atoms with Crippen molar-refractivity contribution in [2.75, 3.05) is 0 Å². The van der Waals surface area contributed by atoms with Crippen molar-refractivity contribution in [2.24, 2.45) is 0 Å². The molecule has 4 nitrogen and oxygen atoms in total. The number of hydrogen-bond acceptors (Lipinski definition) is 4. The van der Waals surface area contributed by atoms with Crippen LogP contribution in [0.4, 0.5) is 0 Å². The smallest absolute Gasteiger partial charge is 0.167 e. The largest absolute Gasteiger partial charge is 0.455 e. The van der Waals surface area contributed by atoms with Crippen LogP contribution < -0.4 is 0 Å². The summed E-state index contributed by atoms with van der Waals surface area (Å²) in [5, 5.41) is 2.09. The van der Waals surface area contributed by atoms with Gasteiger partial charge in [0.25, 0.3) is 0 Å². The second-order valence-electron chi connectivity index (χ2n) is 10.5. The van der Waals surface area contributed by atoms with E-state index in [-0.39, 0.29) is 0 Å². The molecule has 2 heterocycles. The third-order valence-corrected chi connectivity index (χ3v) is 7.75. The Morgan fingerprint density at radius 1 is 0.326 bits per heavy atom. The van der Waals surface area contributed by atoms with E-state index in [0.29, 0.717) is 17.5 Å². The Morgan fingerprint density at radius 2 is 0.791 bits per heavy atom. The maximum atomic E-state index is 6.69. The van der Waals surface area contributed by atoms with Gasteiger partial charge in [0.15, 0.2) is 17.5 Å². The number of aromatic nitrogens is 3. The zero-order valence-electron chi connectivity index (χ0n) is 23.2. The van der Waals surface area contributed by atoms with E-state index in [1.54, 1.807) is 0 Å². The summed E-state index contributed by atoms with van der Waals surface area (Å²) >= 11 is 0. The first-order valence-corrected chi connectivity index (χ1v) is 14.3. The van der Waals surface area contributed by atoms with Gasteiger partial charge in [-0.2, -0.15) is 0 Å². The average Bonchev–Trinajstić information content (AvgIpc) is 3.48. The summed E-state index contributed by atoms with van der Waals surface area (Å²) < 4.78 is 6.69. The normalized spacial score (nSPS) is 11.3. The lowest BCUT2D eigenvalue weighted by molar-refractivity contribution is 0.670. The molecule has 0 unspecified atom stereocenters. The number of rotatable bonds is 5. The number of nitrogens with zero attached hydrogens (tertiary/aromatic N) is 3. The molecule has 0 atom stereocenters. The SMILES string of the molecule is c1ccc(-c2cccc(-c3nc(-c4ccccc4)nc(-c4cccc5c4oc4c(-c6ccccc6)cccc45)n3)c2)cc1. The Labute approximate surface area is 249 Å². The minimum absolute atomic E-state index is 0.569. The van der Waals surface area contributed by atoms with Gasteiger partial charge >= 0.3 is 0 Å². The van der Waals surface area contributed by atoms with Crippen LogP contribution in [0.5, 0.6) is 0 Å². The fourth-order valence-corrected chi connectivity index (χ4v) is 5.65. The number of para-hydroxylation sites is 2. The molecular weight excluding hydrogens is 526 g/mol. The van der Waals surface area contributed by atoms with Crippen LogP contribution in [0.25, 0.3) is 78.4 Å². The van der Waals surface area contributed by atoms with E-state index in [4.69, 9.17) is 19.4 Å². The van der Waals surface area contributed by atoms with Gasteiger partial charge in [-0.05, 0) is 28.8 Å². The van der Waals surface area contributed by atoms with Gasteiger partial charge in [0, 0.05) is 27.5 Å². The van der Waals surface area contributed by atoms with Crippen molar-refractivity contribution < 1.29 is 4.42 Å². The van der Waals surface area contributed by atoms with Crippen LogP contribution in [-0.4, -0.2) is 15.0 Å². The molecule has 6 aromatic carbocycles.